The topological polar surface area (TPSA) is 76.0 Å². The van der Waals surface area contributed by atoms with Crippen LogP contribution in [0.2, 0.25) is 0 Å². The fourth-order valence-corrected chi connectivity index (χ4v) is 4.77. The number of rotatable bonds is 4. The number of nitro benzene ring substituents is 1. The number of fused-ring (bicyclic) bond motifs is 1. The second-order valence-electron chi connectivity index (χ2n) is 8.25. The number of nitrogens with zero attached hydrogens (tertiary/aromatic N) is 1. The Labute approximate surface area is 189 Å². The normalized spacial score (nSPS) is 17.5. The molecule has 0 amide bonds. The second-order valence-corrected chi connectivity index (χ2v) is 8.25. The number of hydrogen-bond donors (Lipinski definition) is 1. The Hall–Kier alpha value is -4.06. The molecule has 0 radical (unpaired) electrons. The van der Waals surface area contributed by atoms with Crippen molar-refractivity contribution in [3.05, 3.63) is 105 Å². The van der Waals surface area contributed by atoms with Crippen LogP contribution in [-0.2, 0) is 4.79 Å². The first kappa shape index (κ1) is 20.8. The lowest BCUT2D eigenvalue weighted by Crippen LogP contribution is -2.18. The van der Waals surface area contributed by atoms with Gasteiger partial charge in [-0.1, -0.05) is 48.5 Å². The minimum absolute atomic E-state index is 0.0610. The van der Waals surface area contributed by atoms with Crippen LogP contribution in [-0.4, -0.2) is 15.7 Å². The molecule has 1 aliphatic carbocycles. The average Bonchev–Trinajstić information content (AvgIpc) is 3.20. The van der Waals surface area contributed by atoms with Crippen molar-refractivity contribution in [3.63, 3.8) is 0 Å². The van der Waals surface area contributed by atoms with Gasteiger partial charge in [0.05, 0.1) is 16.2 Å². The van der Waals surface area contributed by atoms with E-state index >= 15 is 0 Å². The van der Waals surface area contributed by atoms with Gasteiger partial charge in [0.2, 0.25) is 0 Å². The number of hydrogen-bond acceptors (Lipinski definition) is 3. The Morgan fingerprint density at radius 2 is 1.79 bits per heavy atom. The van der Waals surface area contributed by atoms with Gasteiger partial charge >= 0.3 is 0 Å². The lowest BCUT2D eigenvalue weighted by molar-refractivity contribution is -0.385. The van der Waals surface area contributed by atoms with Crippen LogP contribution in [0.15, 0.2) is 78.4 Å². The molecule has 33 heavy (non-hydrogen) atoms. The number of benzene rings is 3. The third-order valence-corrected chi connectivity index (χ3v) is 6.25. The maximum atomic E-state index is 14.0. The predicted octanol–water partition coefficient (Wildman–Crippen LogP) is 6.80. The van der Waals surface area contributed by atoms with E-state index in [4.69, 9.17) is 0 Å². The number of carbonyl (C=O) groups is 1. The summed E-state index contributed by atoms with van der Waals surface area (Å²) in [5.74, 6) is -0.904. The minimum atomic E-state index is -0.579. The van der Waals surface area contributed by atoms with Crippen LogP contribution in [0.5, 0.6) is 0 Å². The van der Waals surface area contributed by atoms with Crippen molar-refractivity contribution >= 4 is 28.4 Å². The highest BCUT2D eigenvalue weighted by Crippen LogP contribution is 2.44. The quantitative estimate of drug-likeness (QED) is 0.215. The van der Waals surface area contributed by atoms with Gasteiger partial charge in [-0.05, 0) is 48.2 Å². The molecule has 0 bridgehead atoms. The van der Waals surface area contributed by atoms with Crippen molar-refractivity contribution < 1.29 is 14.1 Å². The molecule has 5 rings (SSSR count). The van der Waals surface area contributed by atoms with E-state index in [2.05, 4.69) is 4.98 Å². The highest BCUT2D eigenvalue weighted by Gasteiger charge is 2.32. The van der Waals surface area contributed by atoms with Crippen molar-refractivity contribution in [3.8, 4) is 11.3 Å². The Bertz CT molecular complexity index is 1410. The van der Waals surface area contributed by atoms with Crippen LogP contribution in [0.3, 0.4) is 0 Å². The number of aromatic amines is 1. The summed E-state index contributed by atoms with van der Waals surface area (Å²) >= 11 is 0. The maximum absolute atomic E-state index is 14.0. The third kappa shape index (κ3) is 3.84. The summed E-state index contributed by atoms with van der Waals surface area (Å²) in [6.45, 7) is 0. The molecule has 0 spiro atoms. The Morgan fingerprint density at radius 1 is 1.03 bits per heavy atom. The van der Waals surface area contributed by atoms with E-state index in [0.29, 0.717) is 12.0 Å². The van der Waals surface area contributed by atoms with E-state index in [1.54, 1.807) is 0 Å². The molecule has 3 aromatic carbocycles. The molecule has 0 saturated heterocycles. The summed E-state index contributed by atoms with van der Waals surface area (Å²) in [7, 11) is 0. The van der Waals surface area contributed by atoms with Gasteiger partial charge in [-0.15, -0.1) is 0 Å². The van der Waals surface area contributed by atoms with E-state index < -0.39 is 10.7 Å². The molecule has 1 fully saturated rings. The van der Waals surface area contributed by atoms with Gasteiger partial charge in [-0.3, -0.25) is 14.9 Å². The minimum Gasteiger partial charge on any atom is -0.354 e. The maximum Gasteiger partial charge on any atom is 0.276 e. The smallest absolute Gasteiger partial charge is 0.276 e. The summed E-state index contributed by atoms with van der Waals surface area (Å²) in [4.78, 5) is 27.6. The summed E-state index contributed by atoms with van der Waals surface area (Å²) in [5, 5.41) is 12.6. The van der Waals surface area contributed by atoms with Crippen molar-refractivity contribution in [1.82, 2.24) is 4.98 Å². The van der Waals surface area contributed by atoms with Crippen LogP contribution in [0, 0.1) is 15.9 Å². The molecule has 0 aliphatic heterocycles. The number of ketones is 1. The van der Waals surface area contributed by atoms with E-state index in [1.807, 2.05) is 54.6 Å². The zero-order valence-electron chi connectivity index (χ0n) is 17.8. The van der Waals surface area contributed by atoms with E-state index in [0.717, 1.165) is 58.8 Å². The lowest BCUT2D eigenvalue weighted by atomic mass is 9.76. The van der Waals surface area contributed by atoms with Gasteiger partial charge < -0.3 is 4.98 Å². The van der Waals surface area contributed by atoms with Gasteiger partial charge in [-0.25, -0.2) is 4.39 Å². The molecule has 1 heterocycles. The number of H-pyrrole nitrogens is 1. The highest BCUT2D eigenvalue weighted by atomic mass is 19.1. The number of para-hydroxylation sites is 1. The second kappa shape index (κ2) is 8.47. The summed E-state index contributed by atoms with van der Waals surface area (Å²) in [6, 6.07) is 21.2. The molecule has 164 valence electrons. The first-order valence-corrected chi connectivity index (χ1v) is 10.9. The number of allylic oxidation sites excluding steroid dienone is 1. The van der Waals surface area contributed by atoms with Crippen molar-refractivity contribution in [2.75, 3.05) is 0 Å². The van der Waals surface area contributed by atoms with Crippen molar-refractivity contribution in [2.45, 2.75) is 25.2 Å². The molecule has 1 aliphatic rings. The molecule has 1 atom stereocenters. The lowest BCUT2D eigenvalue weighted by Gasteiger charge is -2.26. The van der Waals surface area contributed by atoms with Gasteiger partial charge in [0.15, 0.2) is 5.78 Å². The Morgan fingerprint density at radius 3 is 2.58 bits per heavy atom. The standard InChI is InChI=1S/C27H21FN2O3/c28-19-13-14-24(30(32)33)18(15-19)16-22-20(10-6-12-25(22)31)26-21-9-4-5-11-23(21)29-27(26)17-7-2-1-3-8-17/h1-5,7-9,11,13-16,20,29H,6,10,12H2/b22-16+. The third-order valence-electron chi connectivity index (χ3n) is 6.25. The SMILES string of the molecule is O=C1CCCC(c2c(-c3ccccc3)[nH]c3ccccc23)/C1=C\c1cc(F)ccc1[N+](=O)[O-]. The molecule has 1 N–H and O–H groups in total. The molecular weight excluding hydrogens is 419 g/mol. The van der Waals surface area contributed by atoms with Crippen molar-refractivity contribution in [2.24, 2.45) is 0 Å². The molecule has 1 saturated carbocycles. The number of nitro groups is 1. The molecule has 5 nitrogen and oxygen atoms in total. The van der Waals surface area contributed by atoms with Crippen LogP contribution in [0.1, 0.15) is 36.3 Å². The summed E-state index contributed by atoms with van der Waals surface area (Å²) in [6.07, 6.45) is 3.33. The fourth-order valence-electron chi connectivity index (χ4n) is 4.77. The first-order chi connectivity index (χ1) is 16.0. The first-order valence-electron chi connectivity index (χ1n) is 10.9. The van der Waals surface area contributed by atoms with Crippen molar-refractivity contribution in [1.29, 1.82) is 0 Å². The van der Waals surface area contributed by atoms with E-state index in [9.17, 15) is 19.3 Å². The number of halogens is 1. The van der Waals surface area contributed by atoms with Crippen LogP contribution in [0.4, 0.5) is 10.1 Å². The van der Waals surface area contributed by atoms with Gasteiger partial charge in [-0.2, -0.15) is 0 Å². The predicted molar refractivity (Wildman–Crippen MR) is 126 cm³/mol. The Kier molecular flexibility index (Phi) is 5.34. The van der Waals surface area contributed by atoms with Gasteiger partial charge in [0.1, 0.15) is 5.82 Å². The molecule has 4 aromatic rings. The zero-order valence-corrected chi connectivity index (χ0v) is 17.8. The number of Topliss-reactive ketones (excluding diaryl/α,β-unsaturated/α-hetero) is 1. The number of nitrogens with one attached hydrogen (secondary N) is 1. The number of aromatic nitrogens is 1. The monoisotopic (exact) mass is 440 g/mol. The largest absolute Gasteiger partial charge is 0.354 e. The van der Waals surface area contributed by atoms with E-state index in [-0.39, 0.29) is 23.0 Å². The fraction of sp³-hybridized carbons (Fsp3) is 0.148. The average molecular weight is 440 g/mol. The Balaban J connectivity index is 1.74. The van der Waals surface area contributed by atoms with Crippen LogP contribution in [0.25, 0.3) is 28.2 Å². The van der Waals surface area contributed by atoms with Crippen LogP contribution < -0.4 is 0 Å². The molecule has 1 aromatic heterocycles. The molecule has 1 unspecified atom stereocenters. The van der Waals surface area contributed by atoms with Gasteiger partial charge in [0, 0.05) is 34.9 Å². The number of carbonyl (C=O) groups excluding carboxylic acids is 1. The summed E-state index contributed by atoms with van der Waals surface area (Å²) in [5.41, 5.74) is 4.25. The molecular formula is C27H21FN2O3. The van der Waals surface area contributed by atoms with E-state index in [1.165, 1.54) is 6.08 Å². The molecule has 6 heteroatoms. The summed E-state index contributed by atoms with van der Waals surface area (Å²) < 4.78 is 14.0. The zero-order chi connectivity index (χ0) is 22.9. The van der Waals surface area contributed by atoms with Gasteiger partial charge in [0.25, 0.3) is 5.69 Å². The van der Waals surface area contributed by atoms with Crippen LogP contribution >= 0.6 is 0 Å². The highest BCUT2D eigenvalue weighted by molar-refractivity contribution is 6.04.